The number of amides is 1. The van der Waals surface area contributed by atoms with E-state index in [0.29, 0.717) is 25.9 Å². The van der Waals surface area contributed by atoms with Crippen LogP contribution in [0.4, 0.5) is 0 Å². The number of aliphatic hydroxyl groups excluding tert-OH is 2. The standard InChI is InChI=1S/C53H103NO5/c1-3-5-7-9-11-13-15-17-22-25-29-33-37-41-45-51(56)50(49-55)54-52(57)46-42-38-34-30-26-23-19-18-20-24-28-32-36-40-44-48-59-53(58)47-43-39-35-31-27-21-16-14-12-10-8-6-4-2/h20,24,50-51,55-56H,3-19,21-23,25-49H2,1-2H3,(H,54,57)/b24-20-. The van der Waals surface area contributed by atoms with E-state index in [1.54, 1.807) is 0 Å². The summed E-state index contributed by atoms with van der Waals surface area (Å²) in [6.07, 6.45) is 56.1. The van der Waals surface area contributed by atoms with E-state index in [0.717, 1.165) is 70.6 Å². The minimum atomic E-state index is -0.672. The zero-order valence-corrected chi connectivity index (χ0v) is 39.7. The molecule has 59 heavy (non-hydrogen) atoms. The SMILES string of the molecule is CCCCCCCCCCCCCCCCC(O)C(CO)NC(=O)CCCCCCCCC/C=C\CCCCCCOC(=O)CCCCCCCCCCCCCCC. The Morgan fingerprint density at radius 1 is 0.458 bits per heavy atom. The first-order valence-electron chi connectivity index (χ1n) is 26.4. The quantitative estimate of drug-likeness (QED) is 0.0322. The van der Waals surface area contributed by atoms with E-state index in [1.165, 1.54) is 186 Å². The molecule has 1 amide bonds. The summed E-state index contributed by atoms with van der Waals surface area (Å²) >= 11 is 0. The minimum Gasteiger partial charge on any atom is -0.466 e. The van der Waals surface area contributed by atoms with Crippen molar-refractivity contribution in [2.75, 3.05) is 13.2 Å². The van der Waals surface area contributed by atoms with Gasteiger partial charge in [-0.25, -0.2) is 0 Å². The lowest BCUT2D eigenvalue weighted by atomic mass is 10.0. The second-order valence-corrected chi connectivity index (χ2v) is 18.2. The molecular formula is C53H103NO5. The van der Waals surface area contributed by atoms with Crippen molar-refractivity contribution in [2.24, 2.45) is 0 Å². The topological polar surface area (TPSA) is 95.9 Å². The lowest BCUT2D eigenvalue weighted by Crippen LogP contribution is -2.45. The third-order valence-corrected chi connectivity index (χ3v) is 12.3. The molecule has 0 aromatic heterocycles. The number of aliphatic hydroxyl groups is 2. The number of carbonyl (C=O) groups excluding carboxylic acids is 2. The smallest absolute Gasteiger partial charge is 0.305 e. The molecule has 2 atom stereocenters. The Morgan fingerprint density at radius 2 is 0.797 bits per heavy atom. The first-order chi connectivity index (χ1) is 29.0. The van der Waals surface area contributed by atoms with Crippen molar-refractivity contribution in [1.82, 2.24) is 5.32 Å². The van der Waals surface area contributed by atoms with Gasteiger partial charge in [-0.05, 0) is 51.4 Å². The van der Waals surface area contributed by atoms with Gasteiger partial charge in [0.05, 0.1) is 25.4 Å². The molecule has 0 rings (SSSR count). The zero-order chi connectivity index (χ0) is 43.0. The zero-order valence-electron chi connectivity index (χ0n) is 39.7. The van der Waals surface area contributed by atoms with E-state index < -0.39 is 12.1 Å². The highest BCUT2D eigenvalue weighted by molar-refractivity contribution is 5.76. The number of esters is 1. The van der Waals surface area contributed by atoms with Crippen LogP contribution in [0.2, 0.25) is 0 Å². The van der Waals surface area contributed by atoms with Crippen molar-refractivity contribution < 1.29 is 24.5 Å². The minimum absolute atomic E-state index is 0.00831. The van der Waals surface area contributed by atoms with Crippen LogP contribution < -0.4 is 5.32 Å². The number of unbranched alkanes of at least 4 members (excludes halogenated alkanes) is 36. The van der Waals surface area contributed by atoms with Gasteiger partial charge in [0.15, 0.2) is 0 Å². The Balaban J connectivity index is 3.47. The van der Waals surface area contributed by atoms with Crippen LogP contribution in [0.15, 0.2) is 12.2 Å². The first-order valence-corrected chi connectivity index (χ1v) is 26.4. The normalized spacial score (nSPS) is 12.7. The lowest BCUT2D eigenvalue weighted by molar-refractivity contribution is -0.143. The molecule has 0 spiro atoms. The number of carbonyl (C=O) groups is 2. The van der Waals surface area contributed by atoms with Gasteiger partial charge in [-0.15, -0.1) is 0 Å². The van der Waals surface area contributed by atoms with Gasteiger partial charge >= 0.3 is 5.97 Å². The largest absolute Gasteiger partial charge is 0.466 e. The van der Waals surface area contributed by atoms with E-state index in [4.69, 9.17) is 4.74 Å². The monoisotopic (exact) mass is 834 g/mol. The molecule has 0 aromatic carbocycles. The molecular weight excluding hydrogens is 731 g/mol. The number of rotatable bonds is 49. The molecule has 0 fully saturated rings. The average Bonchev–Trinajstić information content (AvgIpc) is 3.24. The number of hydrogen-bond acceptors (Lipinski definition) is 5. The second kappa shape index (κ2) is 49.3. The van der Waals surface area contributed by atoms with Gasteiger partial charge < -0.3 is 20.3 Å². The molecule has 0 aliphatic heterocycles. The molecule has 0 saturated carbocycles. The van der Waals surface area contributed by atoms with Gasteiger partial charge in [0, 0.05) is 12.8 Å². The highest BCUT2D eigenvalue weighted by Crippen LogP contribution is 2.17. The number of nitrogens with one attached hydrogen (secondary N) is 1. The fraction of sp³-hybridized carbons (Fsp3) is 0.925. The molecule has 0 aliphatic rings. The molecule has 6 heteroatoms. The predicted octanol–water partition coefficient (Wildman–Crippen LogP) is 15.7. The van der Waals surface area contributed by atoms with E-state index in [9.17, 15) is 19.8 Å². The van der Waals surface area contributed by atoms with Crippen molar-refractivity contribution in [3.05, 3.63) is 12.2 Å². The summed E-state index contributed by atoms with van der Waals surface area (Å²) in [6, 6.07) is -0.551. The second-order valence-electron chi connectivity index (χ2n) is 18.2. The highest BCUT2D eigenvalue weighted by Gasteiger charge is 2.20. The summed E-state index contributed by atoms with van der Waals surface area (Å²) in [5, 5.41) is 23.2. The first kappa shape index (κ1) is 57.6. The average molecular weight is 834 g/mol. The van der Waals surface area contributed by atoms with Crippen molar-refractivity contribution in [2.45, 2.75) is 302 Å². The molecule has 350 valence electrons. The maximum atomic E-state index is 12.4. The summed E-state index contributed by atoms with van der Waals surface area (Å²) in [4.78, 5) is 24.4. The van der Waals surface area contributed by atoms with Gasteiger partial charge in [-0.1, -0.05) is 238 Å². The predicted molar refractivity (Wildman–Crippen MR) is 255 cm³/mol. The maximum absolute atomic E-state index is 12.4. The molecule has 0 heterocycles. The summed E-state index contributed by atoms with van der Waals surface area (Å²) in [7, 11) is 0. The van der Waals surface area contributed by atoms with Gasteiger partial charge in [-0.2, -0.15) is 0 Å². The fourth-order valence-electron chi connectivity index (χ4n) is 8.22. The molecule has 0 aliphatic carbocycles. The van der Waals surface area contributed by atoms with E-state index in [2.05, 4.69) is 31.3 Å². The Bertz CT molecular complexity index is 878. The van der Waals surface area contributed by atoms with Gasteiger partial charge in [-0.3, -0.25) is 9.59 Å². The van der Waals surface area contributed by atoms with Crippen LogP contribution in [0.25, 0.3) is 0 Å². The Hall–Kier alpha value is -1.40. The molecule has 6 nitrogen and oxygen atoms in total. The summed E-state index contributed by atoms with van der Waals surface area (Å²) in [5.74, 6) is -0.0574. The van der Waals surface area contributed by atoms with Gasteiger partial charge in [0.1, 0.15) is 0 Å². The van der Waals surface area contributed by atoms with Crippen molar-refractivity contribution in [3.8, 4) is 0 Å². The van der Waals surface area contributed by atoms with Crippen LogP contribution in [0.1, 0.15) is 290 Å². The molecule has 0 aromatic rings. The Labute approximate surface area is 368 Å². The van der Waals surface area contributed by atoms with E-state index >= 15 is 0 Å². The molecule has 0 bridgehead atoms. The Kier molecular flexibility index (Phi) is 48.1. The summed E-state index contributed by atoms with van der Waals surface area (Å²) in [5.41, 5.74) is 0. The summed E-state index contributed by atoms with van der Waals surface area (Å²) < 4.78 is 5.45. The number of hydrogen-bond donors (Lipinski definition) is 3. The molecule has 3 N–H and O–H groups in total. The lowest BCUT2D eigenvalue weighted by Gasteiger charge is -2.22. The summed E-state index contributed by atoms with van der Waals surface area (Å²) in [6.45, 7) is 4.92. The van der Waals surface area contributed by atoms with Crippen molar-refractivity contribution >= 4 is 11.9 Å². The highest BCUT2D eigenvalue weighted by atomic mass is 16.5. The third-order valence-electron chi connectivity index (χ3n) is 12.3. The molecule has 0 saturated heterocycles. The van der Waals surface area contributed by atoms with Crippen molar-refractivity contribution in [1.29, 1.82) is 0 Å². The van der Waals surface area contributed by atoms with E-state index in [-0.39, 0.29) is 18.5 Å². The van der Waals surface area contributed by atoms with Crippen LogP contribution >= 0.6 is 0 Å². The van der Waals surface area contributed by atoms with Crippen LogP contribution in [-0.4, -0.2) is 47.4 Å². The molecule has 2 unspecified atom stereocenters. The number of ether oxygens (including phenoxy) is 1. The van der Waals surface area contributed by atoms with Crippen LogP contribution in [0.5, 0.6) is 0 Å². The Morgan fingerprint density at radius 3 is 1.20 bits per heavy atom. The van der Waals surface area contributed by atoms with Gasteiger partial charge in [0.25, 0.3) is 0 Å². The van der Waals surface area contributed by atoms with Crippen LogP contribution in [0, 0.1) is 0 Å². The van der Waals surface area contributed by atoms with E-state index in [1.807, 2.05) is 0 Å². The van der Waals surface area contributed by atoms with Crippen LogP contribution in [0.3, 0.4) is 0 Å². The third kappa shape index (κ3) is 45.9. The van der Waals surface area contributed by atoms with Crippen molar-refractivity contribution in [3.63, 3.8) is 0 Å². The number of allylic oxidation sites excluding steroid dienone is 2. The van der Waals surface area contributed by atoms with Crippen LogP contribution in [-0.2, 0) is 14.3 Å². The maximum Gasteiger partial charge on any atom is 0.305 e. The fourth-order valence-corrected chi connectivity index (χ4v) is 8.22. The molecule has 0 radical (unpaired) electrons. The van der Waals surface area contributed by atoms with Gasteiger partial charge in [0.2, 0.25) is 5.91 Å².